The van der Waals surface area contributed by atoms with E-state index in [1.165, 1.54) is 6.33 Å². The zero-order valence-electron chi connectivity index (χ0n) is 14.9. The van der Waals surface area contributed by atoms with Crippen LogP contribution in [0.25, 0.3) is 0 Å². The Balaban J connectivity index is 1.38. The Bertz CT molecular complexity index is 772. The van der Waals surface area contributed by atoms with Crippen LogP contribution in [0.5, 0.6) is 5.88 Å². The monoisotopic (exact) mass is 357 g/mol. The fourth-order valence-corrected chi connectivity index (χ4v) is 3.38. The molecule has 138 valence electrons. The van der Waals surface area contributed by atoms with Crippen molar-refractivity contribution in [3.05, 3.63) is 36.4 Å². The summed E-state index contributed by atoms with van der Waals surface area (Å²) in [6.07, 6.45) is 4.16. The molecule has 0 N–H and O–H groups in total. The van der Waals surface area contributed by atoms with Gasteiger partial charge in [0.25, 0.3) is 5.91 Å². The smallest absolute Gasteiger partial charge is 0.270 e. The molecule has 0 spiro atoms. The van der Waals surface area contributed by atoms with Gasteiger partial charge in [0, 0.05) is 45.4 Å². The third-order valence-corrected chi connectivity index (χ3v) is 4.85. The van der Waals surface area contributed by atoms with Gasteiger partial charge < -0.3 is 23.8 Å². The molecule has 0 saturated carbocycles. The number of amides is 1. The van der Waals surface area contributed by atoms with Crippen LogP contribution in [0.4, 0.5) is 5.82 Å². The predicted octanol–water partition coefficient (Wildman–Crippen LogP) is 0.945. The number of aryl methyl sites for hydroxylation is 1. The minimum Gasteiger partial charge on any atom is -0.472 e. The third kappa shape index (κ3) is 3.50. The van der Waals surface area contributed by atoms with Crippen molar-refractivity contribution in [1.82, 2.24) is 19.4 Å². The van der Waals surface area contributed by atoms with Gasteiger partial charge in [0.2, 0.25) is 5.88 Å². The lowest BCUT2D eigenvalue weighted by molar-refractivity contribution is 0.0762. The van der Waals surface area contributed by atoms with Crippen molar-refractivity contribution in [2.24, 2.45) is 7.05 Å². The molecule has 0 aromatic carbocycles. The minimum absolute atomic E-state index is 0.0419. The first-order valence-corrected chi connectivity index (χ1v) is 8.93. The second kappa shape index (κ2) is 7.33. The van der Waals surface area contributed by atoms with Crippen LogP contribution >= 0.6 is 0 Å². The number of anilines is 1. The van der Waals surface area contributed by atoms with E-state index in [9.17, 15) is 4.79 Å². The number of morpholine rings is 1. The molecule has 2 fully saturated rings. The minimum atomic E-state index is -0.0494. The molecule has 2 aliphatic rings. The number of carbonyl (C=O) groups is 1. The summed E-state index contributed by atoms with van der Waals surface area (Å²) in [5.41, 5.74) is 0.697. The van der Waals surface area contributed by atoms with Crippen LogP contribution in [-0.2, 0) is 11.8 Å². The molecule has 1 amide bonds. The van der Waals surface area contributed by atoms with E-state index >= 15 is 0 Å². The number of hydrogen-bond donors (Lipinski definition) is 0. The van der Waals surface area contributed by atoms with Crippen molar-refractivity contribution in [1.29, 1.82) is 0 Å². The van der Waals surface area contributed by atoms with Crippen molar-refractivity contribution in [2.45, 2.75) is 12.5 Å². The van der Waals surface area contributed by atoms with E-state index in [0.29, 0.717) is 37.9 Å². The van der Waals surface area contributed by atoms with Gasteiger partial charge in [-0.25, -0.2) is 9.97 Å². The van der Waals surface area contributed by atoms with Gasteiger partial charge in [0.15, 0.2) is 0 Å². The summed E-state index contributed by atoms with van der Waals surface area (Å²) in [5, 5.41) is 0. The normalized spacial score (nSPS) is 20.4. The van der Waals surface area contributed by atoms with E-state index in [4.69, 9.17) is 9.47 Å². The van der Waals surface area contributed by atoms with Gasteiger partial charge in [0.05, 0.1) is 19.8 Å². The Morgan fingerprint density at radius 3 is 2.88 bits per heavy atom. The maximum absolute atomic E-state index is 12.6. The summed E-state index contributed by atoms with van der Waals surface area (Å²) in [5.74, 6) is 1.45. The van der Waals surface area contributed by atoms with Gasteiger partial charge in [-0.2, -0.15) is 0 Å². The molecule has 2 saturated heterocycles. The molecule has 2 aromatic heterocycles. The molecule has 2 aromatic rings. The standard InChI is InChI=1S/C18H23N5O3/c1-21-5-2-3-15(21)18(24)23-6-4-14(12-23)26-17-11-16(19-13-20-17)22-7-9-25-10-8-22/h2-3,5,11,13-14H,4,6-10,12H2,1H3/t14-/m0/s1. The van der Waals surface area contributed by atoms with Crippen molar-refractivity contribution >= 4 is 11.7 Å². The summed E-state index contributed by atoms with van der Waals surface area (Å²) in [6, 6.07) is 5.59. The van der Waals surface area contributed by atoms with Crippen LogP contribution in [0.1, 0.15) is 16.9 Å². The summed E-state index contributed by atoms with van der Waals surface area (Å²) in [4.78, 5) is 25.2. The first-order valence-electron chi connectivity index (χ1n) is 8.93. The number of rotatable bonds is 4. The molecule has 0 aliphatic carbocycles. The lowest BCUT2D eigenvalue weighted by Gasteiger charge is -2.27. The molecule has 26 heavy (non-hydrogen) atoms. The molecule has 8 heteroatoms. The van der Waals surface area contributed by atoms with Crippen LogP contribution in [0.2, 0.25) is 0 Å². The number of nitrogens with zero attached hydrogens (tertiary/aromatic N) is 5. The van der Waals surface area contributed by atoms with Gasteiger partial charge in [-0.3, -0.25) is 4.79 Å². The first kappa shape index (κ1) is 16.8. The molecule has 4 heterocycles. The number of aromatic nitrogens is 3. The van der Waals surface area contributed by atoms with Gasteiger partial charge >= 0.3 is 0 Å². The van der Waals surface area contributed by atoms with E-state index in [1.54, 1.807) is 0 Å². The van der Waals surface area contributed by atoms with Crippen LogP contribution in [0, 0.1) is 0 Å². The summed E-state index contributed by atoms with van der Waals surface area (Å²) >= 11 is 0. The number of ether oxygens (including phenoxy) is 2. The van der Waals surface area contributed by atoms with Gasteiger partial charge in [-0.15, -0.1) is 0 Å². The fourth-order valence-electron chi connectivity index (χ4n) is 3.38. The van der Waals surface area contributed by atoms with Crippen molar-refractivity contribution < 1.29 is 14.3 Å². The van der Waals surface area contributed by atoms with E-state index in [1.807, 2.05) is 40.9 Å². The molecular weight excluding hydrogens is 334 g/mol. The predicted molar refractivity (Wildman–Crippen MR) is 95.4 cm³/mol. The molecule has 0 radical (unpaired) electrons. The van der Waals surface area contributed by atoms with E-state index in [2.05, 4.69) is 14.9 Å². The Kier molecular flexibility index (Phi) is 4.75. The summed E-state index contributed by atoms with van der Waals surface area (Å²) in [7, 11) is 1.88. The zero-order valence-corrected chi connectivity index (χ0v) is 14.9. The third-order valence-electron chi connectivity index (χ3n) is 4.85. The topological polar surface area (TPSA) is 72.7 Å². The van der Waals surface area contributed by atoms with Crippen LogP contribution < -0.4 is 9.64 Å². The molecule has 0 unspecified atom stereocenters. The van der Waals surface area contributed by atoms with Crippen molar-refractivity contribution in [2.75, 3.05) is 44.3 Å². The highest BCUT2D eigenvalue weighted by atomic mass is 16.5. The molecule has 1 atom stereocenters. The molecule has 2 aliphatic heterocycles. The van der Waals surface area contributed by atoms with E-state index < -0.39 is 0 Å². The number of carbonyl (C=O) groups excluding carboxylic acids is 1. The quantitative estimate of drug-likeness (QED) is 0.811. The maximum Gasteiger partial charge on any atom is 0.270 e. The summed E-state index contributed by atoms with van der Waals surface area (Å²) < 4.78 is 13.2. The lowest BCUT2D eigenvalue weighted by Crippen LogP contribution is -2.36. The lowest BCUT2D eigenvalue weighted by atomic mass is 10.3. The number of likely N-dealkylation sites (tertiary alicyclic amines) is 1. The van der Waals surface area contributed by atoms with Crippen LogP contribution in [0.15, 0.2) is 30.7 Å². The highest BCUT2D eigenvalue weighted by Gasteiger charge is 2.29. The maximum atomic E-state index is 12.6. The van der Waals surface area contributed by atoms with Crippen molar-refractivity contribution in [3.63, 3.8) is 0 Å². The molecule has 8 nitrogen and oxygen atoms in total. The second-order valence-corrected chi connectivity index (χ2v) is 6.60. The van der Waals surface area contributed by atoms with E-state index in [-0.39, 0.29) is 12.0 Å². The largest absolute Gasteiger partial charge is 0.472 e. The van der Waals surface area contributed by atoms with Gasteiger partial charge in [-0.1, -0.05) is 0 Å². The molecule has 4 rings (SSSR count). The fraction of sp³-hybridized carbons (Fsp3) is 0.500. The highest BCUT2D eigenvalue weighted by Crippen LogP contribution is 2.21. The Morgan fingerprint density at radius 1 is 1.27 bits per heavy atom. The van der Waals surface area contributed by atoms with Crippen molar-refractivity contribution in [3.8, 4) is 5.88 Å². The molecular formula is C18H23N5O3. The first-order chi connectivity index (χ1) is 12.7. The zero-order chi connectivity index (χ0) is 17.9. The van der Waals surface area contributed by atoms with Gasteiger partial charge in [-0.05, 0) is 12.1 Å². The van der Waals surface area contributed by atoms with Crippen LogP contribution in [0.3, 0.4) is 0 Å². The molecule has 0 bridgehead atoms. The average Bonchev–Trinajstić information content (AvgIpc) is 3.31. The van der Waals surface area contributed by atoms with Gasteiger partial charge in [0.1, 0.15) is 23.9 Å². The Hall–Kier alpha value is -2.61. The van der Waals surface area contributed by atoms with E-state index in [0.717, 1.165) is 25.3 Å². The highest BCUT2D eigenvalue weighted by molar-refractivity contribution is 5.93. The Labute approximate surface area is 152 Å². The second-order valence-electron chi connectivity index (χ2n) is 6.60. The SMILES string of the molecule is Cn1cccc1C(=O)N1CC[C@H](Oc2cc(N3CCOCC3)ncn2)C1. The Morgan fingerprint density at radius 2 is 2.12 bits per heavy atom. The van der Waals surface area contributed by atoms with Crippen LogP contribution in [-0.4, -0.2) is 70.8 Å². The number of hydrogen-bond acceptors (Lipinski definition) is 6. The summed E-state index contributed by atoms with van der Waals surface area (Å²) in [6.45, 7) is 4.31. The average molecular weight is 357 g/mol.